The highest BCUT2D eigenvalue weighted by Gasteiger charge is 2.11. The van der Waals surface area contributed by atoms with Crippen LogP contribution in [-0.4, -0.2) is 50.5 Å². The topological polar surface area (TPSA) is 115 Å². The van der Waals surface area contributed by atoms with Gasteiger partial charge in [0.2, 0.25) is 6.61 Å². The Bertz CT molecular complexity index is 613. The highest BCUT2D eigenvalue weighted by atomic mass is 16.7. The largest absolute Gasteiger partial charge is 0.497 e. The van der Waals surface area contributed by atoms with Crippen LogP contribution in [0.1, 0.15) is 19.4 Å². The molecule has 3 amide bonds. The van der Waals surface area contributed by atoms with Crippen molar-refractivity contribution in [2.45, 2.75) is 19.9 Å². The number of hydrogen-bond acceptors (Lipinski definition) is 7. The van der Waals surface area contributed by atoms with E-state index in [1.807, 2.05) is 5.32 Å². The summed E-state index contributed by atoms with van der Waals surface area (Å²) in [7, 11) is 1.56. The molecule has 0 heterocycles. The zero-order chi connectivity index (χ0) is 18.7. The van der Waals surface area contributed by atoms with Crippen LogP contribution in [-0.2, 0) is 19.2 Å². The van der Waals surface area contributed by atoms with Gasteiger partial charge in [0.15, 0.2) is 6.61 Å². The minimum atomic E-state index is -0.786. The Labute approximate surface area is 145 Å². The van der Waals surface area contributed by atoms with E-state index in [1.165, 1.54) is 6.21 Å². The van der Waals surface area contributed by atoms with Gasteiger partial charge in [-0.25, -0.2) is 9.59 Å². The number of carbonyl (C=O) groups excluding carboxylic acids is 3. The van der Waals surface area contributed by atoms with Crippen molar-refractivity contribution >= 4 is 24.1 Å². The number of nitrogens with zero attached hydrogens (tertiary/aromatic N) is 1. The number of hydrogen-bond donors (Lipinski definition) is 2. The first-order chi connectivity index (χ1) is 11.9. The molecule has 9 nitrogen and oxygen atoms in total. The van der Waals surface area contributed by atoms with Crippen molar-refractivity contribution in [2.24, 2.45) is 5.16 Å². The Morgan fingerprint density at radius 2 is 1.84 bits per heavy atom. The maximum atomic E-state index is 11.4. The van der Waals surface area contributed by atoms with Crippen molar-refractivity contribution in [3.63, 3.8) is 0 Å². The summed E-state index contributed by atoms with van der Waals surface area (Å²) in [5.41, 5.74) is 0.754. The maximum absolute atomic E-state index is 11.4. The number of urea groups is 1. The first kappa shape index (κ1) is 19.9. The maximum Gasteiger partial charge on any atom is 0.347 e. The average Bonchev–Trinajstić information content (AvgIpc) is 2.56. The summed E-state index contributed by atoms with van der Waals surface area (Å²) in [6.45, 7) is 2.44. The van der Waals surface area contributed by atoms with Crippen molar-refractivity contribution in [2.75, 3.05) is 20.3 Å². The van der Waals surface area contributed by atoms with Crippen molar-refractivity contribution in [3.8, 4) is 5.75 Å². The van der Waals surface area contributed by atoms with E-state index in [0.717, 1.165) is 5.56 Å². The normalized spacial score (nSPS) is 10.4. The molecule has 1 aromatic rings. The quantitative estimate of drug-likeness (QED) is 0.407. The SMILES string of the molecule is COc1ccc(/C=N\OCC(=O)OCC(=O)NC(=O)NC(C)C)cc1. The van der Waals surface area contributed by atoms with Crippen molar-refractivity contribution in [1.29, 1.82) is 0 Å². The third kappa shape index (κ3) is 8.94. The van der Waals surface area contributed by atoms with Gasteiger partial charge in [0, 0.05) is 6.04 Å². The molecule has 0 saturated heterocycles. The van der Waals surface area contributed by atoms with Crippen LogP contribution in [0.5, 0.6) is 5.75 Å². The number of carbonyl (C=O) groups is 3. The third-order valence-electron chi connectivity index (χ3n) is 2.61. The Morgan fingerprint density at radius 1 is 1.16 bits per heavy atom. The molecule has 136 valence electrons. The minimum Gasteiger partial charge on any atom is -0.497 e. The van der Waals surface area contributed by atoms with Gasteiger partial charge in [-0.05, 0) is 43.7 Å². The summed E-state index contributed by atoms with van der Waals surface area (Å²) in [4.78, 5) is 38.8. The first-order valence-electron chi connectivity index (χ1n) is 7.46. The number of nitrogens with one attached hydrogen (secondary N) is 2. The molecule has 0 aliphatic rings. The lowest BCUT2D eigenvalue weighted by atomic mass is 10.2. The van der Waals surface area contributed by atoms with Gasteiger partial charge >= 0.3 is 12.0 Å². The molecular formula is C16H21N3O6. The van der Waals surface area contributed by atoms with E-state index in [4.69, 9.17) is 9.57 Å². The Balaban J connectivity index is 2.22. The van der Waals surface area contributed by atoms with E-state index in [2.05, 4.69) is 15.2 Å². The zero-order valence-corrected chi connectivity index (χ0v) is 14.3. The molecule has 0 atom stereocenters. The van der Waals surface area contributed by atoms with Gasteiger partial charge in [-0.15, -0.1) is 0 Å². The fraction of sp³-hybridized carbons (Fsp3) is 0.375. The van der Waals surface area contributed by atoms with Crippen LogP contribution in [0.25, 0.3) is 0 Å². The molecule has 0 fully saturated rings. The van der Waals surface area contributed by atoms with Crippen molar-refractivity contribution in [3.05, 3.63) is 29.8 Å². The summed E-state index contributed by atoms with van der Waals surface area (Å²) in [5, 5.41) is 8.09. The molecule has 0 aliphatic carbocycles. The second kappa shape index (κ2) is 10.6. The number of rotatable bonds is 8. The van der Waals surface area contributed by atoms with Gasteiger partial charge in [0.1, 0.15) is 5.75 Å². The summed E-state index contributed by atoms with van der Waals surface area (Å²) in [6, 6.07) is 6.25. The summed E-state index contributed by atoms with van der Waals surface area (Å²) >= 11 is 0. The highest BCUT2D eigenvalue weighted by molar-refractivity contribution is 5.95. The first-order valence-corrected chi connectivity index (χ1v) is 7.46. The molecule has 0 aromatic heterocycles. The Morgan fingerprint density at radius 3 is 2.44 bits per heavy atom. The number of ether oxygens (including phenoxy) is 2. The number of benzene rings is 1. The van der Waals surface area contributed by atoms with Crippen LogP contribution < -0.4 is 15.4 Å². The minimum absolute atomic E-state index is 0.118. The van der Waals surface area contributed by atoms with E-state index in [1.54, 1.807) is 45.2 Å². The lowest BCUT2D eigenvalue weighted by molar-refractivity contribution is -0.152. The molecule has 0 unspecified atom stereocenters. The predicted octanol–water partition coefficient (Wildman–Crippen LogP) is 0.823. The van der Waals surface area contributed by atoms with E-state index in [9.17, 15) is 14.4 Å². The van der Waals surface area contributed by atoms with Crippen molar-refractivity contribution in [1.82, 2.24) is 10.6 Å². The summed E-state index contributed by atoms with van der Waals surface area (Å²) in [5.74, 6) is -0.818. The van der Waals surface area contributed by atoms with E-state index >= 15 is 0 Å². The van der Waals surface area contributed by atoms with Gasteiger partial charge in [-0.2, -0.15) is 0 Å². The molecule has 1 rings (SSSR count). The molecule has 25 heavy (non-hydrogen) atoms. The van der Waals surface area contributed by atoms with Crippen LogP contribution in [0.2, 0.25) is 0 Å². The molecule has 0 bridgehead atoms. The molecule has 0 saturated carbocycles. The van der Waals surface area contributed by atoms with E-state index < -0.39 is 31.1 Å². The molecule has 1 aromatic carbocycles. The van der Waals surface area contributed by atoms with Crippen LogP contribution in [0.15, 0.2) is 29.4 Å². The number of methoxy groups -OCH3 is 1. The Hall–Kier alpha value is -3.10. The number of amides is 3. The Kier molecular flexibility index (Phi) is 8.48. The molecule has 2 N–H and O–H groups in total. The van der Waals surface area contributed by atoms with Crippen molar-refractivity contribution < 1.29 is 28.7 Å². The molecule has 0 aliphatic heterocycles. The summed E-state index contributed by atoms with van der Waals surface area (Å²) in [6.07, 6.45) is 1.41. The predicted molar refractivity (Wildman–Crippen MR) is 89.3 cm³/mol. The lowest BCUT2D eigenvalue weighted by Gasteiger charge is -2.09. The third-order valence-corrected chi connectivity index (χ3v) is 2.61. The fourth-order valence-corrected chi connectivity index (χ4v) is 1.53. The van der Waals surface area contributed by atoms with E-state index in [0.29, 0.717) is 5.75 Å². The standard InChI is InChI=1S/C16H21N3O6/c1-11(2)18-16(22)19-14(20)9-24-15(21)10-25-17-8-12-4-6-13(23-3)7-5-12/h4-8,11H,9-10H2,1-3H3,(H2,18,19,20,22)/b17-8-. The average molecular weight is 351 g/mol. The second-order valence-corrected chi connectivity index (χ2v) is 5.12. The van der Waals surface area contributed by atoms with Gasteiger partial charge in [0.25, 0.3) is 5.91 Å². The van der Waals surface area contributed by atoms with Gasteiger partial charge < -0.3 is 19.6 Å². The molecule has 0 radical (unpaired) electrons. The van der Waals surface area contributed by atoms with Crippen LogP contribution in [0.3, 0.4) is 0 Å². The van der Waals surface area contributed by atoms with Crippen LogP contribution in [0.4, 0.5) is 4.79 Å². The van der Waals surface area contributed by atoms with E-state index in [-0.39, 0.29) is 6.04 Å². The number of oxime groups is 1. The lowest BCUT2D eigenvalue weighted by Crippen LogP contribution is -2.44. The second-order valence-electron chi connectivity index (χ2n) is 5.12. The zero-order valence-electron chi connectivity index (χ0n) is 14.3. The van der Waals surface area contributed by atoms with Crippen LogP contribution in [0, 0.1) is 0 Å². The van der Waals surface area contributed by atoms with Gasteiger partial charge in [0.05, 0.1) is 13.3 Å². The van der Waals surface area contributed by atoms with Gasteiger partial charge in [-0.3, -0.25) is 10.1 Å². The molecule has 0 spiro atoms. The monoisotopic (exact) mass is 351 g/mol. The fourth-order valence-electron chi connectivity index (χ4n) is 1.53. The summed E-state index contributed by atoms with van der Waals surface area (Å²) < 4.78 is 9.67. The smallest absolute Gasteiger partial charge is 0.347 e. The van der Waals surface area contributed by atoms with Gasteiger partial charge in [-0.1, -0.05) is 5.16 Å². The number of imide groups is 1. The molecular weight excluding hydrogens is 330 g/mol. The van der Waals surface area contributed by atoms with Crippen LogP contribution >= 0.6 is 0 Å². The highest BCUT2D eigenvalue weighted by Crippen LogP contribution is 2.09. The molecule has 9 heteroatoms. The number of esters is 1.